The molecule has 9 heteroatoms. The third-order valence-electron chi connectivity index (χ3n) is 4.57. The van der Waals surface area contributed by atoms with Gasteiger partial charge in [-0.2, -0.15) is 18.3 Å². The maximum Gasteiger partial charge on any atom is 0.416 e. The van der Waals surface area contributed by atoms with Crippen LogP contribution in [-0.4, -0.2) is 27.1 Å². The standard InChI is InChI=1S/C23H23F3N4O2/c1-14-19(13-27-30(14)18-7-5-6-16(12-18)23(24,25)26)21(32)28-17-10-8-15(9-11-17)20(31)29-22(2,3)4/h5-13H,1-4H3,(H,28,32)(H,29,31). The van der Waals surface area contributed by atoms with Crippen molar-refractivity contribution in [2.24, 2.45) is 0 Å². The van der Waals surface area contributed by atoms with Gasteiger partial charge in [-0.25, -0.2) is 4.68 Å². The smallest absolute Gasteiger partial charge is 0.347 e. The second-order valence-corrected chi connectivity index (χ2v) is 8.34. The second-order valence-electron chi connectivity index (χ2n) is 8.34. The van der Waals surface area contributed by atoms with Crippen LogP contribution >= 0.6 is 0 Å². The van der Waals surface area contributed by atoms with Crippen molar-refractivity contribution in [2.75, 3.05) is 5.32 Å². The molecule has 1 heterocycles. The number of benzene rings is 2. The minimum atomic E-state index is -4.48. The Morgan fingerprint density at radius 2 is 1.62 bits per heavy atom. The van der Waals surface area contributed by atoms with Crippen molar-refractivity contribution in [3.8, 4) is 5.69 Å². The number of nitrogens with zero attached hydrogens (tertiary/aromatic N) is 2. The summed E-state index contributed by atoms with van der Waals surface area (Å²) in [6.45, 7) is 7.23. The summed E-state index contributed by atoms with van der Waals surface area (Å²) in [4.78, 5) is 24.9. The number of carbonyl (C=O) groups excluding carboxylic acids is 2. The summed E-state index contributed by atoms with van der Waals surface area (Å²) in [5, 5.41) is 9.64. The Bertz CT molecular complexity index is 1140. The lowest BCUT2D eigenvalue weighted by atomic mass is 10.1. The van der Waals surface area contributed by atoms with Crippen molar-refractivity contribution in [3.05, 3.63) is 77.1 Å². The minimum absolute atomic E-state index is 0.200. The maximum atomic E-state index is 13.0. The van der Waals surface area contributed by atoms with E-state index in [1.54, 1.807) is 31.2 Å². The Kier molecular flexibility index (Phi) is 6.11. The topological polar surface area (TPSA) is 76.0 Å². The lowest BCUT2D eigenvalue weighted by molar-refractivity contribution is -0.137. The molecule has 3 aromatic rings. The molecule has 2 aromatic carbocycles. The molecule has 0 saturated heterocycles. The van der Waals surface area contributed by atoms with Crippen LogP contribution in [0.5, 0.6) is 0 Å². The van der Waals surface area contributed by atoms with Crippen LogP contribution in [0.3, 0.4) is 0 Å². The van der Waals surface area contributed by atoms with Gasteiger partial charge in [-0.05, 0) is 70.2 Å². The van der Waals surface area contributed by atoms with E-state index in [4.69, 9.17) is 0 Å². The molecule has 0 bridgehead atoms. The molecule has 6 nitrogen and oxygen atoms in total. The second kappa shape index (κ2) is 8.49. The van der Waals surface area contributed by atoms with Crippen LogP contribution in [0.4, 0.5) is 18.9 Å². The first-order chi connectivity index (χ1) is 14.8. The van der Waals surface area contributed by atoms with Crippen molar-refractivity contribution in [1.29, 1.82) is 0 Å². The predicted octanol–water partition coefficient (Wildman–Crippen LogP) is 4.98. The molecule has 32 heavy (non-hydrogen) atoms. The van der Waals surface area contributed by atoms with Crippen LogP contribution < -0.4 is 10.6 Å². The first-order valence-corrected chi connectivity index (χ1v) is 9.81. The van der Waals surface area contributed by atoms with Gasteiger partial charge in [-0.1, -0.05) is 6.07 Å². The monoisotopic (exact) mass is 444 g/mol. The van der Waals surface area contributed by atoms with Gasteiger partial charge in [0.1, 0.15) is 0 Å². The third kappa shape index (κ3) is 5.35. The minimum Gasteiger partial charge on any atom is -0.347 e. The molecule has 0 aliphatic heterocycles. The quantitative estimate of drug-likeness (QED) is 0.596. The van der Waals surface area contributed by atoms with Crippen LogP contribution in [0, 0.1) is 6.92 Å². The summed E-state index contributed by atoms with van der Waals surface area (Å²) < 4.78 is 40.3. The first-order valence-electron chi connectivity index (χ1n) is 9.81. The molecule has 0 fully saturated rings. The lowest BCUT2D eigenvalue weighted by Crippen LogP contribution is -2.40. The van der Waals surface area contributed by atoms with Gasteiger partial charge in [-0.3, -0.25) is 9.59 Å². The van der Waals surface area contributed by atoms with E-state index in [0.29, 0.717) is 16.9 Å². The zero-order valence-corrected chi connectivity index (χ0v) is 18.0. The van der Waals surface area contributed by atoms with Crippen LogP contribution in [0.15, 0.2) is 54.7 Å². The van der Waals surface area contributed by atoms with Crippen molar-refractivity contribution in [3.63, 3.8) is 0 Å². The molecule has 0 saturated carbocycles. The highest BCUT2D eigenvalue weighted by Crippen LogP contribution is 2.30. The molecule has 0 spiro atoms. The number of nitrogens with one attached hydrogen (secondary N) is 2. The Balaban J connectivity index is 1.76. The molecular formula is C23H23F3N4O2. The highest BCUT2D eigenvalue weighted by Gasteiger charge is 2.30. The van der Waals surface area contributed by atoms with Gasteiger partial charge in [0.25, 0.3) is 11.8 Å². The van der Waals surface area contributed by atoms with E-state index in [-0.39, 0.29) is 22.7 Å². The Hall–Kier alpha value is -3.62. The summed E-state index contributed by atoms with van der Waals surface area (Å²) in [6, 6.07) is 11.1. The van der Waals surface area contributed by atoms with E-state index in [0.717, 1.165) is 12.1 Å². The Labute approximate surface area is 183 Å². The van der Waals surface area contributed by atoms with Gasteiger partial charge in [-0.15, -0.1) is 0 Å². The fourth-order valence-electron chi connectivity index (χ4n) is 3.02. The molecule has 168 valence electrons. The van der Waals surface area contributed by atoms with E-state index in [1.165, 1.54) is 23.0 Å². The van der Waals surface area contributed by atoms with Gasteiger partial charge in [0.15, 0.2) is 0 Å². The number of carbonyl (C=O) groups is 2. The molecule has 0 atom stereocenters. The molecular weight excluding hydrogens is 421 g/mol. The Morgan fingerprint density at radius 1 is 0.969 bits per heavy atom. The van der Waals surface area contributed by atoms with E-state index >= 15 is 0 Å². The van der Waals surface area contributed by atoms with Crippen LogP contribution in [0.25, 0.3) is 5.69 Å². The first kappa shape index (κ1) is 23.1. The molecule has 2 amide bonds. The molecule has 1 aromatic heterocycles. The van der Waals surface area contributed by atoms with Crippen molar-refractivity contribution < 1.29 is 22.8 Å². The number of aromatic nitrogens is 2. The summed E-state index contributed by atoms with van der Waals surface area (Å²) in [5.74, 6) is -0.693. The fraction of sp³-hybridized carbons (Fsp3) is 0.261. The summed E-state index contributed by atoms with van der Waals surface area (Å²) in [7, 11) is 0. The summed E-state index contributed by atoms with van der Waals surface area (Å²) in [5.41, 5.74) is 0.554. The number of alkyl halides is 3. The summed E-state index contributed by atoms with van der Waals surface area (Å²) in [6.07, 6.45) is -3.18. The highest BCUT2D eigenvalue weighted by atomic mass is 19.4. The average Bonchev–Trinajstić information content (AvgIpc) is 3.08. The molecule has 2 N–H and O–H groups in total. The number of anilines is 1. The number of hydrogen-bond donors (Lipinski definition) is 2. The fourth-order valence-corrected chi connectivity index (χ4v) is 3.02. The van der Waals surface area contributed by atoms with Gasteiger partial charge in [0.05, 0.1) is 28.7 Å². The van der Waals surface area contributed by atoms with Gasteiger partial charge < -0.3 is 10.6 Å². The van der Waals surface area contributed by atoms with Crippen LogP contribution in [0.1, 0.15) is 52.7 Å². The van der Waals surface area contributed by atoms with Gasteiger partial charge >= 0.3 is 6.18 Å². The number of hydrogen-bond acceptors (Lipinski definition) is 3. The molecule has 0 aliphatic rings. The number of halogens is 3. The van der Waals surface area contributed by atoms with E-state index in [9.17, 15) is 22.8 Å². The van der Waals surface area contributed by atoms with Crippen LogP contribution in [0.2, 0.25) is 0 Å². The highest BCUT2D eigenvalue weighted by molar-refractivity contribution is 6.05. The predicted molar refractivity (Wildman–Crippen MR) is 115 cm³/mol. The maximum absolute atomic E-state index is 13.0. The molecule has 0 unspecified atom stereocenters. The summed E-state index contributed by atoms with van der Waals surface area (Å²) >= 11 is 0. The molecule has 0 radical (unpaired) electrons. The molecule has 3 rings (SSSR count). The number of amides is 2. The van der Waals surface area contributed by atoms with Crippen molar-refractivity contribution >= 4 is 17.5 Å². The molecule has 0 aliphatic carbocycles. The van der Waals surface area contributed by atoms with E-state index in [2.05, 4.69) is 15.7 Å². The number of rotatable bonds is 4. The third-order valence-corrected chi connectivity index (χ3v) is 4.57. The van der Waals surface area contributed by atoms with Crippen molar-refractivity contribution in [1.82, 2.24) is 15.1 Å². The zero-order chi connectivity index (χ0) is 23.7. The van der Waals surface area contributed by atoms with E-state index < -0.39 is 17.6 Å². The normalized spacial score (nSPS) is 11.8. The van der Waals surface area contributed by atoms with E-state index in [1.807, 2.05) is 20.8 Å². The SMILES string of the molecule is Cc1c(C(=O)Nc2ccc(C(=O)NC(C)(C)C)cc2)cnn1-c1cccc(C(F)(F)F)c1. The van der Waals surface area contributed by atoms with Crippen LogP contribution in [-0.2, 0) is 6.18 Å². The largest absolute Gasteiger partial charge is 0.416 e. The van der Waals surface area contributed by atoms with Gasteiger partial charge in [0.2, 0.25) is 0 Å². The van der Waals surface area contributed by atoms with Gasteiger partial charge in [0, 0.05) is 16.8 Å². The Morgan fingerprint density at radius 3 is 2.22 bits per heavy atom. The average molecular weight is 444 g/mol. The zero-order valence-electron chi connectivity index (χ0n) is 18.0. The lowest BCUT2D eigenvalue weighted by Gasteiger charge is -2.20. The van der Waals surface area contributed by atoms with Crippen molar-refractivity contribution in [2.45, 2.75) is 39.4 Å².